The highest BCUT2D eigenvalue weighted by Gasteiger charge is 2.18. The van der Waals surface area contributed by atoms with Gasteiger partial charge in [0.25, 0.3) is 11.8 Å². The molecule has 3 amide bonds. The summed E-state index contributed by atoms with van der Waals surface area (Å²) in [6, 6.07) is 26.4. The molecule has 12 heteroatoms. The molecule has 0 aliphatic carbocycles. The number of thioether (sulfide) groups is 1. The molecule has 0 heterocycles. The average molecular weight is 619 g/mol. The predicted molar refractivity (Wildman–Crippen MR) is 165 cm³/mol. The number of benzene rings is 4. The van der Waals surface area contributed by atoms with Gasteiger partial charge in [-0.05, 0) is 73.7 Å². The van der Waals surface area contributed by atoms with E-state index in [4.69, 9.17) is 5.14 Å². The number of halogens is 1. The Morgan fingerprint density at radius 1 is 0.837 bits per heavy atom. The molecule has 43 heavy (non-hydrogen) atoms. The summed E-state index contributed by atoms with van der Waals surface area (Å²) in [4.78, 5) is 39.5. The quantitative estimate of drug-likeness (QED) is 0.145. The van der Waals surface area contributed by atoms with E-state index in [1.165, 1.54) is 60.3 Å². The SMILES string of the molecule is CC(Sc1cccc(NC(=O)/C(=C/c2ccccc2F)NC(=O)c2ccccc2)c1)C(=O)Nc1ccc(S(N)(=O)=O)cc1. The molecule has 0 radical (unpaired) electrons. The van der Waals surface area contributed by atoms with Crippen LogP contribution in [0, 0.1) is 5.82 Å². The summed E-state index contributed by atoms with van der Waals surface area (Å²) in [6.07, 6.45) is 1.26. The van der Waals surface area contributed by atoms with Crippen molar-refractivity contribution in [3.63, 3.8) is 0 Å². The third-order valence-electron chi connectivity index (χ3n) is 5.96. The highest BCUT2D eigenvalue weighted by atomic mass is 32.2. The van der Waals surface area contributed by atoms with Gasteiger partial charge in [-0.1, -0.05) is 42.5 Å². The van der Waals surface area contributed by atoms with Gasteiger partial charge in [-0.15, -0.1) is 11.8 Å². The van der Waals surface area contributed by atoms with Crippen LogP contribution in [0.4, 0.5) is 15.8 Å². The Hall–Kier alpha value is -4.78. The van der Waals surface area contributed by atoms with E-state index in [0.29, 0.717) is 21.8 Å². The van der Waals surface area contributed by atoms with Crippen LogP contribution in [0.3, 0.4) is 0 Å². The predicted octanol–water partition coefficient (Wildman–Crippen LogP) is 5.00. The molecular weight excluding hydrogens is 591 g/mol. The molecule has 0 aliphatic heterocycles. The van der Waals surface area contributed by atoms with Crippen LogP contribution in [0.2, 0.25) is 0 Å². The first-order valence-corrected chi connectivity index (χ1v) is 15.3. The zero-order valence-corrected chi connectivity index (χ0v) is 24.4. The fourth-order valence-corrected chi connectivity index (χ4v) is 5.21. The first kappa shape index (κ1) is 31.2. The number of carbonyl (C=O) groups excluding carboxylic acids is 3. The van der Waals surface area contributed by atoms with Gasteiger partial charge in [-0.3, -0.25) is 14.4 Å². The van der Waals surface area contributed by atoms with Crippen LogP contribution in [0.5, 0.6) is 0 Å². The minimum Gasteiger partial charge on any atom is -0.325 e. The van der Waals surface area contributed by atoms with Gasteiger partial charge >= 0.3 is 0 Å². The molecular formula is C31H27FN4O5S2. The summed E-state index contributed by atoms with van der Waals surface area (Å²) in [6.45, 7) is 1.69. The summed E-state index contributed by atoms with van der Waals surface area (Å²) >= 11 is 1.23. The second-order valence-electron chi connectivity index (χ2n) is 9.20. The molecule has 0 aromatic heterocycles. The lowest BCUT2D eigenvalue weighted by molar-refractivity contribution is -0.115. The van der Waals surface area contributed by atoms with Crippen molar-refractivity contribution in [2.24, 2.45) is 5.14 Å². The van der Waals surface area contributed by atoms with Crippen molar-refractivity contribution in [2.45, 2.75) is 22.0 Å². The van der Waals surface area contributed by atoms with Crippen LogP contribution in [0.1, 0.15) is 22.8 Å². The van der Waals surface area contributed by atoms with Gasteiger partial charge in [0.1, 0.15) is 11.5 Å². The molecule has 1 unspecified atom stereocenters. The molecule has 220 valence electrons. The standard InChI is InChI=1S/C31H27FN4O5S2/c1-20(29(37)34-23-14-16-26(17-15-23)43(33,40)41)42-25-12-7-11-24(19-25)35-31(39)28(18-22-10-5-6-13-27(22)32)36-30(38)21-8-3-2-4-9-21/h2-20H,1H3,(H,34,37)(H,35,39)(H,36,38)(H2,33,40,41)/b28-18-. The van der Waals surface area contributed by atoms with E-state index in [0.717, 1.165) is 0 Å². The second-order valence-corrected chi connectivity index (χ2v) is 12.2. The van der Waals surface area contributed by atoms with Gasteiger partial charge in [0.2, 0.25) is 15.9 Å². The summed E-state index contributed by atoms with van der Waals surface area (Å²) < 4.78 is 37.3. The normalized spacial score (nSPS) is 12.2. The Balaban J connectivity index is 1.46. The van der Waals surface area contributed by atoms with Gasteiger partial charge in [0.15, 0.2) is 0 Å². The van der Waals surface area contributed by atoms with Gasteiger partial charge in [0, 0.05) is 27.4 Å². The summed E-state index contributed by atoms with van der Waals surface area (Å²) in [5, 5.41) is 12.6. The largest absolute Gasteiger partial charge is 0.325 e. The summed E-state index contributed by atoms with van der Waals surface area (Å²) in [7, 11) is -3.85. The second kappa shape index (κ2) is 13.9. The minimum absolute atomic E-state index is 0.0710. The van der Waals surface area contributed by atoms with E-state index < -0.39 is 32.9 Å². The topological polar surface area (TPSA) is 147 Å². The third-order valence-corrected chi connectivity index (χ3v) is 7.98. The number of hydrogen-bond acceptors (Lipinski definition) is 6. The molecule has 0 saturated heterocycles. The van der Waals surface area contributed by atoms with E-state index >= 15 is 0 Å². The fraction of sp³-hybridized carbons (Fsp3) is 0.0645. The van der Waals surface area contributed by atoms with E-state index in [1.54, 1.807) is 67.6 Å². The molecule has 4 rings (SSSR count). The zero-order chi connectivity index (χ0) is 31.0. The van der Waals surface area contributed by atoms with Crippen LogP contribution in [-0.4, -0.2) is 31.4 Å². The van der Waals surface area contributed by atoms with Crippen LogP contribution < -0.4 is 21.1 Å². The lowest BCUT2D eigenvalue weighted by Gasteiger charge is -2.14. The maximum Gasteiger partial charge on any atom is 0.272 e. The number of nitrogens with two attached hydrogens (primary N) is 1. The summed E-state index contributed by atoms with van der Waals surface area (Å²) in [5.74, 6) is -2.11. The van der Waals surface area contributed by atoms with Gasteiger partial charge in [0.05, 0.1) is 10.1 Å². The Morgan fingerprint density at radius 3 is 2.19 bits per heavy atom. The minimum atomic E-state index is -3.85. The molecule has 0 fully saturated rings. The van der Waals surface area contributed by atoms with Crippen molar-refractivity contribution in [3.8, 4) is 0 Å². The lowest BCUT2D eigenvalue weighted by Crippen LogP contribution is -2.30. The van der Waals surface area contributed by atoms with Gasteiger partial charge in [-0.25, -0.2) is 17.9 Å². The van der Waals surface area contributed by atoms with E-state index in [2.05, 4.69) is 16.0 Å². The van der Waals surface area contributed by atoms with Crippen molar-refractivity contribution in [1.82, 2.24) is 5.32 Å². The average Bonchev–Trinajstić information content (AvgIpc) is 2.98. The molecule has 0 spiro atoms. The molecule has 0 saturated carbocycles. The molecule has 0 aliphatic rings. The van der Waals surface area contributed by atoms with Crippen molar-refractivity contribution in [1.29, 1.82) is 0 Å². The van der Waals surface area contributed by atoms with Crippen molar-refractivity contribution < 1.29 is 27.2 Å². The van der Waals surface area contributed by atoms with Gasteiger partial charge in [-0.2, -0.15) is 0 Å². The number of hydrogen-bond donors (Lipinski definition) is 4. The summed E-state index contributed by atoms with van der Waals surface area (Å²) in [5.41, 5.74) is 1.05. The number of amides is 3. The molecule has 1 atom stereocenters. The Morgan fingerprint density at radius 2 is 1.51 bits per heavy atom. The number of carbonyl (C=O) groups is 3. The number of sulfonamides is 1. The van der Waals surface area contributed by atoms with Crippen molar-refractivity contribution in [2.75, 3.05) is 10.6 Å². The highest BCUT2D eigenvalue weighted by Crippen LogP contribution is 2.27. The Labute approximate surface area is 252 Å². The molecule has 4 aromatic rings. The van der Waals surface area contributed by atoms with Gasteiger partial charge < -0.3 is 16.0 Å². The van der Waals surface area contributed by atoms with Crippen LogP contribution in [-0.2, 0) is 19.6 Å². The van der Waals surface area contributed by atoms with Crippen LogP contribution in [0.15, 0.2) is 119 Å². The van der Waals surface area contributed by atoms with Crippen molar-refractivity contribution in [3.05, 3.63) is 126 Å². The number of primary sulfonamides is 1. The van der Waals surface area contributed by atoms with Crippen LogP contribution >= 0.6 is 11.8 Å². The van der Waals surface area contributed by atoms with Crippen molar-refractivity contribution >= 4 is 57.0 Å². The number of anilines is 2. The zero-order valence-electron chi connectivity index (χ0n) is 22.8. The third kappa shape index (κ3) is 8.85. The maximum atomic E-state index is 14.4. The Bertz CT molecular complexity index is 1780. The lowest BCUT2D eigenvalue weighted by atomic mass is 10.1. The van der Waals surface area contributed by atoms with Crippen LogP contribution in [0.25, 0.3) is 6.08 Å². The molecule has 9 nitrogen and oxygen atoms in total. The van der Waals surface area contributed by atoms with E-state index in [1.807, 2.05) is 0 Å². The molecule has 0 bridgehead atoms. The smallest absolute Gasteiger partial charge is 0.272 e. The fourth-order valence-electron chi connectivity index (χ4n) is 3.77. The first-order chi connectivity index (χ1) is 20.5. The Kier molecular flexibility index (Phi) is 10.1. The molecule has 4 aromatic carbocycles. The first-order valence-electron chi connectivity index (χ1n) is 12.8. The highest BCUT2D eigenvalue weighted by molar-refractivity contribution is 8.00. The maximum absolute atomic E-state index is 14.4. The van der Waals surface area contributed by atoms with E-state index in [-0.39, 0.29) is 22.1 Å². The number of nitrogens with one attached hydrogen (secondary N) is 3. The van der Waals surface area contributed by atoms with E-state index in [9.17, 15) is 27.2 Å². The number of rotatable bonds is 10. The molecule has 5 N–H and O–H groups in total. The monoisotopic (exact) mass is 618 g/mol.